The molecule has 45 heavy (non-hydrogen) atoms. The van der Waals surface area contributed by atoms with E-state index >= 15 is 0 Å². The zero-order valence-corrected chi connectivity index (χ0v) is 24.2. The first-order valence-electron chi connectivity index (χ1n) is 14.5. The molecule has 1 aliphatic carbocycles. The van der Waals surface area contributed by atoms with Crippen LogP contribution in [0.2, 0.25) is 0 Å². The first kappa shape index (κ1) is 32.3. The molecular formula is C30H31F6N5O4. The molecule has 0 spiro atoms. The molecule has 1 atom stereocenters. The monoisotopic (exact) mass is 639 g/mol. The molecule has 1 saturated heterocycles. The lowest BCUT2D eigenvalue weighted by atomic mass is 9.92. The van der Waals surface area contributed by atoms with Crippen LogP contribution in [0.1, 0.15) is 43.7 Å². The average Bonchev–Trinajstić information content (AvgIpc) is 3.00. The third-order valence-corrected chi connectivity index (χ3v) is 8.21. The number of halogens is 6. The minimum absolute atomic E-state index is 0.148. The van der Waals surface area contributed by atoms with Gasteiger partial charge in [0.05, 0.1) is 22.1 Å². The summed E-state index contributed by atoms with van der Waals surface area (Å²) in [6, 6.07) is 9.42. The lowest BCUT2D eigenvalue weighted by Gasteiger charge is -2.37. The number of ether oxygens (including phenoxy) is 1. The van der Waals surface area contributed by atoms with Crippen LogP contribution >= 0.6 is 0 Å². The van der Waals surface area contributed by atoms with E-state index in [-0.39, 0.29) is 23.7 Å². The van der Waals surface area contributed by atoms with Crippen LogP contribution in [-0.2, 0) is 21.9 Å². The summed E-state index contributed by atoms with van der Waals surface area (Å²) in [5, 5.41) is 14.4. The maximum atomic E-state index is 13.3. The van der Waals surface area contributed by atoms with E-state index in [9.17, 15) is 41.3 Å². The molecule has 242 valence electrons. The Morgan fingerprint density at radius 2 is 1.64 bits per heavy atom. The van der Waals surface area contributed by atoms with Gasteiger partial charge in [0, 0.05) is 49.4 Å². The van der Waals surface area contributed by atoms with Gasteiger partial charge in [0.15, 0.2) is 0 Å². The van der Waals surface area contributed by atoms with Crippen LogP contribution in [-0.4, -0.2) is 65.1 Å². The first-order valence-corrected chi connectivity index (χ1v) is 14.5. The Labute approximate surface area is 254 Å². The molecule has 3 aromatic rings. The average molecular weight is 640 g/mol. The Balaban J connectivity index is 1.09. The number of anilines is 2. The van der Waals surface area contributed by atoms with Crippen molar-refractivity contribution in [1.82, 2.24) is 9.88 Å². The van der Waals surface area contributed by atoms with E-state index < -0.39 is 40.2 Å². The van der Waals surface area contributed by atoms with E-state index in [2.05, 4.69) is 10.3 Å². The van der Waals surface area contributed by atoms with Gasteiger partial charge in [-0.25, -0.2) is 4.98 Å². The molecule has 9 nitrogen and oxygen atoms in total. The SMILES string of the molecule is CC(OC1CCC(Nc2ccc([N+](=O)[O-])c(C(F)(F)F)c2)CC1)C(=O)N1CCN(c2ccc3cc(C(F)(F)F)ccc3n2)CC1. The molecule has 2 aromatic carbocycles. The van der Waals surface area contributed by atoms with Crippen molar-refractivity contribution in [3.63, 3.8) is 0 Å². The lowest BCUT2D eigenvalue weighted by molar-refractivity contribution is -0.388. The molecule has 1 unspecified atom stereocenters. The maximum absolute atomic E-state index is 13.3. The van der Waals surface area contributed by atoms with Gasteiger partial charge in [0.2, 0.25) is 0 Å². The molecule has 1 N–H and O–H groups in total. The Morgan fingerprint density at radius 3 is 2.27 bits per heavy atom. The van der Waals surface area contributed by atoms with Crippen LogP contribution in [0.15, 0.2) is 48.5 Å². The molecule has 1 amide bonds. The summed E-state index contributed by atoms with van der Waals surface area (Å²) >= 11 is 0. The summed E-state index contributed by atoms with van der Waals surface area (Å²) in [5.74, 6) is 0.457. The molecule has 1 saturated carbocycles. The summed E-state index contributed by atoms with van der Waals surface area (Å²) in [6.07, 6.45) is -7.86. The number of benzene rings is 2. The Bertz CT molecular complexity index is 1550. The summed E-state index contributed by atoms with van der Waals surface area (Å²) in [4.78, 5) is 31.3. The number of amides is 1. The minimum atomic E-state index is -4.86. The highest BCUT2D eigenvalue weighted by Crippen LogP contribution is 2.38. The van der Waals surface area contributed by atoms with Crippen molar-refractivity contribution in [3.05, 3.63) is 69.8 Å². The number of nitrogens with one attached hydrogen (secondary N) is 1. The third-order valence-electron chi connectivity index (χ3n) is 8.21. The molecule has 2 aliphatic rings. The normalized spacial score (nSPS) is 20.2. The van der Waals surface area contributed by atoms with Crippen LogP contribution in [0.5, 0.6) is 0 Å². The number of pyridine rings is 1. The Kier molecular flexibility index (Phi) is 9.10. The van der Waals surface area contributed by atoms with E-state index in [1.54, 1.807) is 24.0 Å². The summed E-state index contributed by atoms with van der Waals surface area (Å²) in [7, 11) is 0. The van der Waals surface area contributed by atoms with Crippen molar-refractivity contribution in [3.8, 4) is 0 Å². The minimum Gasteiger partial charge on any atom is -0.382 e. The zero-order valence-electron chi connectivity index (χ0n) is 24.2. The number of alkyl halides is 6. The highest BCUT2D eigenvalue weighted by Gasteiger charge is 2.39. The lowest BCUT2D eigenvalue weighted by Crippen LogP contribution is -2.52. The second kappa shape index (κ2) is 12.7. The number of nitro benzene ring substituents is 1. The van der Waals surface area contributed by atoms with Gasteiger partial charge in [0.1, 0.15) is 17.5 Å². The van der Waals surface area contributed by atoms with Gasteiger partial charge in [-0.1, -0.05) is 0 Å². The van der Waals surface area contributed by atoms with E-state index in [1.165, 1.54) is 12.1 Å². The predicted molar refractivity (Wildman–Crippen MR) is 154 cm³/mol. The van der Waals surface area contributed by atoms with Crippen LogP contribution in [0.4, 0.5) is 43.5 Å². The van der Waals surface area contributed by atoms with E-state index in [0.29, 0.717) is 68.6 Å². The number of piperazine rings is 1. The number of fused-ring (bicyclic) bond motifs is 1. The number of nitrogens with zero attached hydrogens (tertiary/aromatic N) is 4. The topological polar surface area (TPSA) is 101 Å². The predicted octanol–water partition coefficient (Wildman–Crippen LogP) is 6.66. The van der Waals surface area contributed by atoms with E-state index in [1.807, 2.05) is 4.90 Å². The summed E-state index contributed by atoms with van der Waals surface area (Å²) < 4.78 is 85.1. The van der Waals surface area contributed by atoms with Crippen molar-refractivity contribution >= 4 is 34.0 Å². The van der Waals surface area contributed by atoms with E-state index in [0.717, 1.165) is 24.3 Å². The fourth-order valence-corrected chi connectivity index (χ4v) is 5.82. The van der Waals surface area contributed by atoms with Gasteiger partial charge >= 0.3 is 12.4 Å². The molecule has 0 radical (unpaired) electrons. The standard InChI is InChI=1S/C30H31F6N5O4/c1-18(45-23-7-4-21(5-8-23)37-22-6-10-26(41(43)44)24(17-22)30(34,35)36)28(42)40-14-12-39(13-15-40)27-11-2-19-16-20(29(31,32)33)3-9-25(19)38-27/h2-3,6,9-11,16-18,21,23,37H,4-5,7-8,12-15H2,1H3. The maximum Gasteiger partial charge on any atom is 0.423 e. The number of aromatic nitrogens is 1. The van der Waals surface area contributed by atoms with Crippen LogP contribution in [0.3, 0.4) is 0 Å². The fourth-order valence-electron chi connectivity index (χ4n) is 5.82. The number of carbonyl (C=O) groups is 1. The molecule has 15 heteroatoms. The fraction of sp³-hybridized carbons (Fsp3) is 0.467. The number of carbonyl (C=O) groups excluding carboxylic acids is 1. The van der Waals surface area contributed by atoms with Crippen LogP contribution in [0, 0.1) is 10.1 Å². The quantitative estimate of drug-likeness (QED) is 0.175. The second-order valence-corrected chi connectivity index (χ2v) is 11.3. The Morgan fingerprint density at radius 1 is 0.956 bits per heavy atom. The number of nitro groups is 1. The highest BCUT2D eigenvalue weighted by atomic mass is 19.4. The zero-order chi connectivity index (χ0) is 32.5. The van der Waals surface area contributed by atoms with Crippen LogP contribution < -0.4 is 10.2 Å². The molecule has 1 aliphatic heterocycles. The molecule has 2 fully saturated rings. The van der Waals surface area contributed by atoms with Gasteiger partial charge in [-0.05, 0) is 75.1 Å². The smallest absolute Gasteiger partial charge is 0.382 e. The van der Waals surface area contributed by atoms with Crippen molar-refractivity contribution in [2.45, 2.75) is 63.2 Å². The first-order chi connectivity index (χ1) is 21.2. The van der Waals surface area contributed by atoms with Gasteiger partial charge < -0.3 is 19.9 Å². The largest absolute Gasteiger partial charge is 0.423 e. The highest BCUT2D eigenvalue weighted by molar-refractivity contribution is 5.82. The van der Waals surface area contributed by atoms with Gasteiger partial charge in [-0.2, -0.15) is 26.3 Å². The number of hydrogen-bond acceptors (Lipinski definition) is 7. The summed E-state index contributed by atoms with van der Waals surface area (Å²) in [5.41, 5.74) is -2.44. The van der Waals surface area contributed by atoms with Crippen molar-refractivity contribution in [2.24, 2.45) is 0 Å². The van der Waals surface area contributed by atoms with Gasteiger partial charge in [0.25, 0.3) is 11.6 Å². The third kappa shape index (κ3) is 7.57. The number of rotatable bonds is 7. The summed E-state index contributed by atoms with van der Waals surface area (Å²) in [6.45, 7) is 3.52. The second-order valence-electron chi connectivity index (χ2n) is 11.3. The van der Waals surface area contributed by atoms with Crippen molar-refractivity contribution in [2.75, 3.05) is 36.4 Å². The van der Waals surface area contributed by atoms with Gasteiger partial charge in [-0.3, -0.25) is 14.9 Å². The van der Waals surface area contributed by atoms with Gasteiger partial charge in [-0.15, -0.1) is 0 Å². The van der Waals surface area contributed by atoms with E-state index in [4.69, 9.17) is 4.74 Å². The molecule has 5 rings (SSSR count). The molecule has 1 aromatic heterocycles. The van der Waals surface area contributed by atoms with Crippen molar-refractivity contribution < 1.29 is 40.8 Å². The Hall–Kier alpha value is -4.14. The molecular weight excluding hydrogens is 608 g/mol. The number of hydrogen-bond donors (Lipinski definition) is 1. The molecule has 2 heterocycles. The van der Waals surface area contributed by atoms with Crippen LogP contribution in [0.25, 0.3) is 10.9 Å². The van der Waals surface area contributed by atoms with Crippen molar-refractivity contribution in [1.29, 1.82) is 0 Å². The molecule has 0 bridgehead atoms.